The maximum Gasteiger partial charge on any atom is 0.255 e. The molecular weight excluding hydrogens is 428 g/mol. The first kappa shape index (κ1) is 23.4. The van der Waals surface area contributed by atoms with Gasteiger partial charge in [0.15, 0.2) is 0 Å². The third-order valence-corrected chi connectivity index (χ3v) is 6.27. The number of hydrogen-bond donors (Lipinski definition) is 1. The topological polar surface area (TPSA) is 49.4 Å². The first-order valence-electron chi connectivity index (χ1n) is 10.5. The monoisotopic (exact) mass is 460 g/mol. The number of unbranched alkanes of at least 4 members (excludes halogenated alkanes) is 1. The number of carbonyl (C=O) groups excluding carboxylic acids is 2. The van der Waals surface area contributed by atoms with E-state index in [1.54, 1.807) is 4.90 Å². The van der Waals surface area contributed by atoms with Gasteiger partial charge in [-0.3, -0.25) is 9.59 Å². The highest BCUT2D eigenvalue weighted by Gasteiger charge is 2.37. The minimum Gasteiger partial charge on any atom is -0.354 e. The molecule has 1 N–H and O–H groups in total. The fraction of sp³-hybridized carbons (Fsp3) is 0.500. The van der Waals surface area contributed by atoms with Crippen LogP contribution in [0.15, 0.2) is 46.5 Å². The molecule has 2 unspecified atom stereocenters. The van der Waals surface area contributed by atoms with Crippen LogP contribution in [0.4, 0.5) is 0 Å². The molecule has 1 aromatic rings. The highest BCUT2D eigenvalue weighted by atomic mass is 79.9. The van der Waals surface area contributed by atoms with Crippen molar-refractivity contribution < 1.29 is 9.59 Å². The fourth-order valence-electron chi connectivity index (χ4n) is 3.64. The van der Waals surface area contributed by atoms with Crippen molar-refractivity contribution in [3.8, 4) is 0 Å². The summed E-state index contributed by atoms with van der Waals surface area (Å²) in [4.78, 5) is 28.7. The number of nitrogens with one attached hydrogen (secondary N) is 1. The van der Waals surface area contributed by atoms with Crippen LogP contribution in [-0.4, -0.2) is 35.3 Å². The van der Waals surface area contributed by atoms with Gasteiger partial charge in [-0.2, -0.15) is 0 Å². The Morgan fingerprint density at radius 1 is 1.24 bits per heavy atom. The van der Waals surface area contributed by atoms with Crippen molar-refractivity contribution in [3.63, 3.8) is 0 Å². The zero-order valence-corrected chi connectivity index (χ0v) is 19.8. The van der Waals surface area contributed by atoms with Crippen molar-refractivity contribution in [2.45, 2.75) is 66.0 Å². The van der Waals surface area contributed by atoms with E-state index < -0.39 is 6.04 Å². The molecule has 0 heterocycles. The van der Waals surface area contributed by atoms with E-state index >= 15 is 0 Å². The van der Waals surface area contributed by atoms with Gasteiger partial charge in [-0.1, -0.05) is 67.4 Å². The average Bonchev–Trinajstić information content (AvgIpc) is 2.68. The standard InChI is InChI=1S/C24H33BrN2O2/c1-6-7-14-26-23(28)22(16(2)3)27(19-13-12-18(5)21(25)15-19)24(29)20-11-9-8-10-17(20)4/h8-12,15-16,19,22H,6-7,13-14H2,1-5H3,(H,26,28). The second kappa shape index (κ2) is 10.8. The van der Waals surface area contributed by atoms with Crippen LogP contribution in [0.3, 0.4) is 0 Å². The van der Waals surface area contributed by atoms with E-state index in [0.717, 1.165) is 28.5 Å². The van der Waals surface area contributed by atoms with Crippen LogP contribution in [0, 0.1) is 12.8 Å². The fourth-order valence-corrected chi connectivity index (χ4v) is 4.10. The zero-order chi connectivity index (χ0) is 21.6. The number of benzene rings is 1. The van der Waals surface area contributed by atoms with E-state index in [1.807, 2.05) is 52.0 Å². The number of allylic oxidation sites excluding steroid dienone is 2. The molecule has 0 aromatic heterocycles. The summed E-state index contributed by atoms with van der Waals surface area (Å²) in [6.45, 7) is 10.7. The highest BCUT2D eigenvalue weighted by molar-refractivity contribution is 9.12. The Bertz CT molecular complexity index is 798. The minimum absolute atomic E-state index is 0.0104. The Hall–Kier alpha value is -1.88. The quantitative estimate of drug-likeness (QED) is 0.529. The van der Waals surface area contributed by atoms with E-state index in [1.165, 1.54) is 0 Å². The molecule has 2 amide bonds. The summed E-state index contributed by atoms with van der Waals surface area (Å²) < 4.78 is 0.977. The lowest BCUT2D eigenvalue weighted by molar-refractivity contribution is -0.127. The number of halogens is 1. The van der Waals surface area contributed by atoms with Crippen LogP contribution in [0.5, 0.6) is 0 Å². The Morgan fingerprint density at radius 3 is 2.52 bits per heavy atom. The van der Waals surface area contributed by atoms with Gasteiger partial charge in [0, 0.05) is 16.6 Å². The minimum atomic E-state index is -0.535. The Kier molecular flexibility index (Phi) is 8.69. The lowest BCUT2D eigenvalue weighted by Crippen LogP contribution is -2.56. The first-order valence-corrected chi connectivity index (χ1v) is 11.3. The van der Waals surface area contributed by atoms with E-state index in [2.05, 4.69) is 40.3 Å². The number of aryl methyl sites for hydroxylation is 1. The normalized spacial score (nSPS) is 17.4. The zero-order valence-electron chi connectivity index (χ0n) is 18.2. The molecule has 0 saturated heterocycles. The van der Waals surface area contributed by atoms with E-state index in [-0.39, 0.29) is 23.8 Å². The van der Waals surface area contributed by atoms with Gasteiger partial charge in [0.2, 0.25) is 5.91 Å². The molecule has 1 aliphatic carbocycles. The summed E-state index contributed by atoms with van der Waals surface area (Å²) in [6.07, 6.45) is 6.82. The second-order valence-electron chi connectivity index (χ2n) is 8.07. The summed E-state index contributed by atoms with van der Waals surface area (Å²) in [7, 11) is 0. The maximum absolute atomic E-state index is 13.7. The summed E-state index contributed by atoms with van der Waals surface area (Å²) in [5, 5.41) is 3.04. The largest absolute Gasteiger partial charge is 0.354 e. The van der Waals surface area contributed by atoms with Gasteiger partial charge in [0.05, 0.1) is 6.04 Å². The molecule has 0 saturated carbocycles. The van der Waals surface area contributed by atoms with Gasteiger partial charge in [-0.25, -0.2) is 0 Å². The van der Waals surface area contributed by atoms with Crippen LogP contribution in [0.2, 0.25) is 0 Å². The van der Waals surface area contributed by atoms with Gasteiger partial charge >= 0.3 is 0 Å². The van der Waals surface area contributed by atoms with Crippen LogP contribution < -0.4 is 5.32 Å². The predicted molar refractivity (Wildman–Crippen MR) is 123 cm³/mol. The third-order valence-electron chi connectivity index (χ3n) is 5.38. The molecule has 4 nitrogen and oxygen atoms in total. The molecule has 29 heavy (non-hydrogen) atoms. The van der Waals surface area contributed by atoms with Crippen LogP contribution in [0.1, 0.15) is 62.9 Å². The van der Waals surface area contributed by atoms with Crippen molar-refractivity contribution in [1.29, 1.82) is 0 Å². The number of hydrogen-bond acceptors (Lipinski definition) is 2. The highest BCUT2D eigenvalue weighted by Crippen LogP contribution is 2.30. The number of rotatable bonds is 8. The molecule has 5 heteroatoms. The smallest absolute Gasteiger partial charge is 0.255 e. The van der Waals surface area contributed by atoms with Gasteiger partial charge in [0.1, 0.15) is 6.04 Å². The number of carbonyl (C=O) groups is 2. The predicted octanol–water partition coefficient (Wildman–Crippen LogP) is 5.38. The summed E-state index contributed by atoms with van der Waals surface area (Å²) in [5.74, 6) is -0.183. The molecule has 158 valence electrons. The number of amides is 2. The SMILES string of the molecule is CCCCNC(=O)C(C(C)C)N(C(=O)c1ccccc1C)C1C=C(Br)C(C)=CC1. The summed E-state index contributed by atoms with van der Waals surface area (Å²) >= 11 is 3.61. The molecule has 2 atom stereocenters. The summed E-state index contributed by atoms with van der Waals surface area (Å²) in [5.41, 5.74) is 2.72. The molecule has 0 aliphatic heterocycles. The van der Waals surface area contributed by atoms with Crippen LogP contribution in [-0.2, 0) is 4.79 Å². The Labute approximate surface area is 183 Å². The van der Waals surface area contributed by atoms with E-state index in [0.29, 0.717) is 18.5 Å². The average molecular weight is 461 g/mol. The molecule has 0 radical (unpaired) electrons. The molecular formula is C24H33BrN2O2. The van der Waals surface area contributed by atoms with E-state index in [4.69, 9.17) is 0 Å². The lowest BCUT2D eigenvalue weighted by Gasteiger charge is -2.39. The molecule has 0 spiro atoms. The van der Waals surface area contributed by atoms with Crippen LogP contribution in [0.25, 0.3) is 0 Å². The van der Waals surface area contributed by atoms with E-state index in [9.17, 15) is 9.59 Å². The van der Waals surface area contributed by atoms with Crippen LogP contribution >= 0.6 is 15.9 Å². The Morgan fingerprint density at radius 2 is 1.93 bits per heavy atom. The van der Waals surface area contributed by atoms with Crippen molar-refractivity contribution in [1.82, 2.24) is 10.2 Å². The molecule has 0 bridgehead atoms. The van der Waals surface area contributed by atoms with Crippen molar-refractivity contribution in [2.24, 2.45) is 5.92 Å². The molecule has 1 aromatic carbocycles. The molecule has 2 rings (SSSR count). The molecule has 1 aliphatic rings. The van der Waals surface area contributed by atoms with Gasteiger partial charge < -0.3 is 10.2 Å². The Balaban J connectivity index is 2.46. The third kappa shape index (κ3) is 5.81. The lowest BCUT2D eigenvalue weighted by atomic mass is 9.93. The first-order chi connectivity index (χ1) is 13.8. The van der Waals surface area contributed by atoms with Gasteiger partial charge in [-0.15, -0.1) is 0 Å². The van der Waals surface area contributed by atoms with Crippen molar-refractivity contribution in [2.75, 3.05) is 6.54 Å². The van der Waals surface area contributed by atoms with Gasteiger partial charge in [0.25, 0.3) is 5.91 Å². The number of nitrogens with zero attached hydrogens (tertiary/aromatic N) is 1. The summed E-state index contributed by atoms with van der Waals surface area (Å²) in [6, 6.07) is 6.88. The van der Waals surface area contributed by atoms with Crippen molar-refractivity contribution >= 4 is 27.7 Å². The van der Waals surface area contributed by atoms with Gasteiger partial charge in [-0.05, 0) is 55.9 Å². The van der Waals surface area contributed by atoms with Crippen molar-refractivity contribution in [3.05, 3.63) is 57.6 Å². The molecule has 0 fully saturated rings. The second-order valence-corrected chi connectivity index (χ2v) is 8.92. The maximum atomic E-state index is 13.7.